The molecule has 0 aromatic heterocycles. The number of rotatable bonds is 4. The van der Waals surface area contributed by atoms with Gasteiger partial charge in [-0.25, -0.2) is 0 Å². The van der Waals surface area contributed by atoms with E-state index in [0.29, 0.717) is 6.54 Å². The van der Waals surface area contributed by atoms with E-state index in [4.69, 9.17) is 5.26 Å². The second-order valence-electron chi connectivity index (χ2n) is 5.48. The molecular weight excluding hydrogens is 216 g/mol. The molecule has 1 aliphatic carbocycles. The number of hydrogen-bond acceptors (Lipinski definition) is 3. The number of nitriles is 1. The Labute approximate surface area is 103 Å². The number of amides is 1. The molecule has 1 amide bonds. The lowest BCUT2D eigenvalue weighted by molar-refractivity contribution is -0.136. The van der Waals surface area contributed by atoms with Crippen LogP contribution in [0.4, 0.5) is 0 Å². The normalized spacial score (nSPS) is 20.0. The first-order chi connectivity index (χ1) is 7.89. The Morgan fingerprint density at radius 2 is 2.00 bits per heavy atom. The van der Waals surface area contributed by atoms with E-state index < -0.39 is 11.5 Å². The Balaban J connectivity index is 2.61. The molecule has 1 aliphatic rings. The highest BCUT2D eigenvalue weighted by Crippen LogP contribution is 2.30. The molecule has 1 rings (SSSR count). The first kappa shape index (κ1) is 14.0. The van der Waals surface area contributed by atoms with Gasteiger partial charge in [0, 0.05) is 13.6 Å². The minimum absolute atomic E-state index is 0.00757. The maximum absolute atomic E-state index is 12.0. The predicted octanol–water partition coefficient (Wildman–Crippen LogP) is 1.55. The lowest BCUT2D eigenvalue weighted by atomic mass is 9.95. The van der Waals surface area contributed by atoms with E-state index >= 15 is 0 Å². The summed E-state index contributed by atoms with van der Waals surface area (Å²) in [7, 11) is 1.67. The van der Waals surface area contributed by atoms with E-state index in [0.717, 1.165) is 25.7 Å². The third-order valence-corrected chi connectivity index (χ3v) is 3.51. The van der Waals surface area contributed by atoms with Crippen LogP contribution in [0.5, 0.6) is 0 Å². The van der Waals surface area contributed by atoms with Gasteiger partial charge in [0.1, 0.15) is 5.92 Å². The number of hydrogen-bond donors (Lipinski definition) is 1. The lowest BCUT2D eigenvalue weighted by Crippen LogP contribution is -2.44. The molecule has 0 aromatic rings. The van der Waals surface area contributed by atoms with Crippen LogP contribution in [-0.4, -0.2) is 35.1 Å². The van der Waals surface area contributed by atoms with Crippen LogP contribution in [0.3, 0.4) is 0 Å². The quantitative estimate of drug-likeness (QED) is 0.808. The molecule has 96 valence electrons. The maximum Gasteiger partial charge on any atom is 0.240 e. The molecule has 0 radical (unpaired) electrons. The smallest absolute Gasteiger partial charge is 0.240 e. The van der Waals surface area contributed by atoms with E-state index in [1.165, 1.54) is 4.90 Å². The van der Waals surface area contributed by atoms with Crippen LogP contribution < -0.4 is 0 Å². The summed E-state index contributed by atoms with van der Waals surface area (Å²) in [4.78, 5) is 13.6. The summed E-state index contributed by atoms with van der Waals surface area (Å²) in [6.07, 6.45) is 3.54. The fourth-order valence-electron chi connectivity index (χ4n) is 2.44. The van der Waals surface area contributed by atoms with Gasteiger partial charge in [0.05, 0.1) is 11.7 Å². The highest BCUT2D eigenvalue weighted by atomic mass is 16.3. The summed E-state index contributed by atoms with van der Waals surface area (Å²) in [6, 6.07) is 2.05. The monoisotopic (exact) mass is 238 g/mol. The molecule has 1 unspecified atom stereocenters. The minimum Gasteiger partial charge on any atom is -0.388 e. The van der Waals surface area contributed by atoms with Gasteiger partial charge < -0.3 is 10.0 Å². The second kappa shape index (κ2) is 5.50. The Morgan fingerprint density at radius 3 is 2.41 bits per heavy atom. The zero-order valence-corrected chi connectivity index (χ0v) is 10.9. The molecule has 0 heterocycles. The lowest BCUT2D eigenvalue weighted by Gasteiger charge is -2.30. The van der Waals surface area contributed by atoms with E-state index in [-0.39, 0.29) is 11.8 Å². The first-order valence-corrected chi connectivity index (χ1v) is 6.26. The van der Waals surface area contributed by atoms with Crippen molar-refractivity contribution >= 4 is 5.91 Å². The molecule has 0 aliphatic heterocycles. The molecule has 1 saturated carbocycles. The topological polar surface area (TPSA) is 64.3 Å². The van der Waals surface area contributed by atoms with Gasteiger partial charge in [0.25, 0.3) is 0 Å². The summed E-state index contributed by atoms with van der Waals surface area (Å²) < 4.78 is 0. The van der Waals surface area contributed by atoms with Gasteiger partial charge in [0.15, 0.2) is 0 Å². The zero-order chi connectivity index (χ0) is 13.1. The number of nitrogens with zero attached hydrogens (tertiary/aromatic N) is 2. The highest BCUT2D eigenvalue weighted by Gasteiger charge is 2.35. The maximum atomic E-state index is 12.0. The highest BCUT2D eigenvalue weighted by molar-refractivity contribution is 5.81. The van der Waals surface area contributed by atoms with Gasteiger partial charge in [-0.15, -0.1) is 0 Å². The van der Waals surface area contributed by atoms with Crippen molar-refractivity contribution in [3.8, 4) is 6.07 Å². The van der Waals surface area contributed by atoms with Crippen molar-refractivity contribution in [3.05, 3.63) is 0 Å². The number of aliphatic hydroxyl groups is 1. The van der Waals surface area contributed by atoms with Gasteiger partial charge in [-0.05, 0) is 18.8 Å². The Morgan fingerprint density at radius 1 is 1.47 bits per heavy atom. The molecule has 1 N–H and O–H groups in total. The van der Waals surface area contributed by atoms with Gasteiger partial charge >= 0.3 is 0 Å². The van der Waals surface area contributed by atoms with Gasteiger partial charge in [-0.3, -0.25) is 4.79 Å². The molecule has 0 saturated heterocycles. The standard InChI is InChI=1S/C13H22N2O2/c1-10(2)11(8-14)12(16)15(3)9-13(17)6-4-5-7-13/h10-11,17H,4-7,9H2,1-3H3. The van der Waals surface area contributed by atoms with Gasteiger partial charge in [0.2, 0.25) is 5.91 Å². The zero-order valence-electron chi connectivity index (χ0n) is 10.9. The van der Waals surface area contributed by atoms with Crippen LogP contribution in [0, 0.1) is 23.2 Å². The van der Waals surface area contributed by atoms with Crippen LogP contribution in [-0.2, 0) is 4.79 Å². The van der Waals surface area contributed by atoms with E-state index in [1.54, 1.807) is 7.05 Å². The van der Waals surface area contributed by atoms with Gasteiger partial charge in [-0.1, -0.05) is 26.7 Å². The predicted molar refractivity (Wildman–Crippen MR) is 65.0 cm³/mol. The third-order valence-electron chi connectivity index (χ3n) is 3.51. The molecule has 4 nitrogen and oxygen atoms in total. The molecule has 0 aromatic carbocycles. The van der Waals surface area contributed by atoms with Crippen LogP contribution in [0.15, 0.2) is 0 Å². The van der Waals surface area contributed by atoms with E-state index in [9.17, 15) is 9.90 Å². The van der Waals surface area contributed by atoms with Crippen LogP contribution in [0.25, 0.3) is 0 Å². The van der Waals surface area contributed by atoms with Crippen molar-refractivity contribution in [2.45, 2.75) is 45.1 Å². The van der Waals surface area contributed by atoms with E-state index in [1.807, 2.05) is 19.9 Å². The molecule has 0 bridgehead atoms. The van der Waals surface area contributed by atoms with Crippen molar-refractivity contribution in [1.82, 2.24) is 4.90 Å². The van der Waals surface area contributed by atoms with Crippen LogP contribution >= 0.6 is 0 Å². The summed E-state index contributed by atoms with van der Waals surface area (Å²) in [5.74, 6) is -0.777. The molecule has 4 heteroatoms. The van der Waals surface area contributed by atoms with Gasteiger partial charge in [-0.2, -0.15) is 5.26 Å². The Hall–Kier alpha value is -1.08. The number of carbonyl (C=O) groups is 1. The van der Waals surface area contributed by atoms with Crippen molar-refractivity contribution in [2.24, 2.45) is 11.8 Å². The Bertz CT molecular complexity index is 314. The Kier molecular flexibility index (Phi) is 4.53. The summed E-state index contributed by atoms with van der Waals surface area (Å²) in [5, 5.41) is 19.2. The number of carbonyl (C=O) groups excluding carboxylic acids is 1. The summed E-state index contributed by atoms with van der Waals surface area (Å²) in [6.45, 7) is 4.07. The molecule has 1 atom stereocenters. The average molecular weight is 238 g/mol. The minimum atomic E-state index is -0.735. The van der Waals surface area contributed by atoms with Crippen molar-refractivity contribution in [1.29, 1.82) is 5.26 Å². The first-order valence-electron chi connectivity index (χ1n) is 6.26. The van der Waals surface area contributed by atoms with E-state index in [2.05, 4.69) is 0 Å². The van der Waals surface area contributed by atoms with Crippen LogP contribution in [0.2, 0.25) is 0 Å². The third kappa shape index (κ3) is 3.44. The molecule has 17 heavy (non-hydrogen) atoms. The molecular formula is C13H22N2O2. The van der Waals surface area contributed by atoms with Crippen molar-refractivity contribution in [2.75, 3.05) is 13.6 Å². The number of likely N-dealkylation sites (N-methyl/N-ethyl adjacent to an activating group) is 1. The van der Waals surface area contributed by atoms with Crippen molar-refractivity contribution in [3.63, 3.8) is 0 Å². The largest absolute Gasteiger partial charge is 0.388 e. The summed E-state index contributed by atoms with van der Waals surface area (Å²) in [5.41, 5.74) is -0.735. The van der Waals surface area contributed by atoms with Crippen LogP contribution in [0.1, 0.15) is 39.5 Å². The average Bonchev–Trinajstić information content (AvgIpc) is 2.65. The fraction of sp³-hybridized carbons (Fsp3) is 0.846. The SMILES string of the molecule is CC(C)C(C#N)C(=O)N(C)CC1(O)CCCC1. The fourth-order valence-corrected chi connectivity index (χ4v) is 2.44. The van der Waals surface area contributed by atoms with Crippen molar-refractivity contribution < 1.29 is 9.90 Å². The molecule has 0 spiro atoms. The molecule has 1 fully saturated rings. The summed E-state index contributed by atoms with van der Waals surface area (Å²) >= 11 is 0. The second-order valence-corrected chi connectivity index (χ2v) is 5.48.